The lowest BCUT2D eigenvalue weighted by atomic mass is 10.2. The first-order valence-corrected chi connectivity index (χ1v) is 7.30. The highest BCUT2D eigenvalue weighted by molar-refractivity contribution is 7.98. The van der Waals surface area contributed by atoms with Crippen LogP contribution in [0.5, 0.6) is 0 Å². The maximum atomic E-state index is 3.50. The van der Waals surface area contributed by atoms with Gasteiger partial charge in [0, 0.05) is 37.6 Å². The van der Waals surface area contributed by atoms with Gasteiger partial charge >= 0.3 is 0 Å². The van der Waals surface area contributed by atoms with Crippen molar-refractivity contribution < 1.29 is 0 Å². The Balaban J connectivity index is 1.77. The van der Waals surface area contributed by atoms with E-state index in [1.165, 1.54) is 10.5 Å². The Kier molecular flexibility index (Phi) is 4.86. The van der Waals surface area contributed by atoms with Crippen LogP contribution in [-0.2, 0) is 6.54 Å². The molecule has 0 unspecified atom stereocenters. The van der Waals surface area contributed by atoms with Gasteiger partial charge in [0.15, 0.2) is 0 Å². The van der Waals surface area contributed by atoms with E-state index in [1.807, 2.05) is 0 Å². The molecule has 1 aromatic rings. The van der Waals surface area contributed by atoms with Crippen molar-refractivity contribution in [2.45, 2.75) is 11.4 Å². The molecule has 0 bridgehead atoms. The quantitative estimate of drug-likeness (QED) is 0.820. The molecule has 0 spiro atoms. The number of hydrogen-bond donors (Lipinski definition) is 1. The lowest BCUT2D eigenvalue weighted by Gasteiger charge is -2.32. The normalized spacial score (nSPS) is 18.5. The molecule has 0 saturated carbocycles. The highest BCUT2D eigenvalue weighted by Crippen LogP contribution is 2.14. The molecule has 1 aliphatic rings. The van der Waals surface area contributed by atoms with Crippen LogP contribution in [0, 0.1) is 0 Å². The van der Waals surface area contributed by atoms with E-state index in [9.17, 15) is 0 Å². The van der Waals surface area contributed by atoms with Crippen molar-refractivity contribution in [2.24, 2.45) is 0 Å². The average molecular weight is 251 g/mol. The smallest absolute Gasteiger partial charge is 0.0353 e. The van der Waals surface area contributed by atoms with Crippen molar-refractivity contribution in [3.8, 4) is 0 Å². The molecular weight excluding hydrogens is 230 g/mol. The first-order chi connectivity index (χ1) is 8.28. The van der Waals surface area contributed by atoms with Crippen LogP contribution >= 0.6 is 11.8 Å². The largest absolute Gasteiger partial charge is 0.304 e. The van der Waals surface area contributed by atoms with Crippen LogP contribution in [0.4, 0.5) is 0 Å². The van der Waals surface area contributed by atoms with Crippen LogP contribution in [0.2, 0.25) is 0 Å². The van der Waals surface area contributed by atoms with Gasteiger partial charge in [-0.3, -0.25) is 5.43 Å². The molecule has 2 rings (SSSR count). The van der Waals surface area contributed by atoms with E-state index in [2.05, 4.69) is 52.9 Å². The first-order valence-electron chi connectivity index (χ1n) is 6.08. The second kappa shape index (κ2) is 6.40. The molecule has 1 fully saturated rings. The summed E-state index contributed by atoms with van der Waals surface area (Å²) in [5, 5.41) is 2.32. The van der Waals surface area contributed by atoms with E-state index in [0.717, 1.165) is 32.7 Å². The minimum atomic E-state index is 0.929. The van der Waals surface area contributed by atoms with Crippen LogP contribution in [0.25, 0.3) is 0 Å². The SMILES string of the molecule is CSc1ccc(CNN2CCN(C)CC2)cc1. The van der Waals surface area contributed by atoms with Crippen LogP contribution < -0.4 is 5.43 Å². The summed E-state index contributed by atoms with van der Waals surface area (Å²) in [7, 11) is 2.18. The van der Waals surface area contributed by atoms with Crippen molar-refractivity contribution in [3.05, 3.63) is 29.8 Å². The molecule has 1 heterocycles. The molecule has 0 amide bonds. The maximum absolute atomic E-state index is 3.50. The minimum Gasteiger partial charge on any atom is -0.304 e. The minimum absolute atomic E-state index is 0.929. The van der Waals surface area contributed by atoms with Crippen molar-refractivity contribution in [1.29, 1.82) is 0 Å². The van der Waals surface area contributed by atoms with Crippen LogP contribution in [0.1, 0.15) is 5.56 Å². The van der Waals surface area contributed by atoms with Gasteiger partial charge in [0.2, 0.25) is 0 Å². The van der Waals surface area contributed by atoms with Gasteiger partial charge in [0.25, 0.3) is 0 Å². The third kappa shape index (κ3) is 4.00. The summed E-state index contributed by atoms with van der Waals surface area (Å²) in [6.45, 7) is 5.45. The Bertz CT molecular complexity index is 331. The molecular formula is C13H21N3S. The predicted molar refractivity (Wildman–Crippen MR) is 74.1 cm³/mol. The van der Waals surface area contributed by atoms with Crippen molar-refractivity contribution >= 4 is 11.8 Å². The summed E-state index contributed by atoms with van der Waals surface area (Å²) < 4.78 is 0. The van der Waals surface area contributed by atoms with Gasteiger partial charge in [-0.15, -0.1) is 11.8 Å². The molecule has 0 aliphatic carbocycles. The number of nitrogens with zero attached hydrogens (tertiary/aromatic N) is 2. The van der Waals surface area contributed by atoms with Gasteiger partial charge in [-0.25, -0.2) is 5.01 Å². The van der Waals surface area contributed by atoms with E-state index in [0.29, 0.717) is 0 Å². The van der Waals surface area contributed by atoms with Crippen molar-refractivity contribution in [2.75, 3.05) is 39.5 Å². The lowest BCUT2D eigenvalue weighted by Crippen LogP contribution is -2.50. The third-order valence-corrected chi connectivity index (χ3v) is 3.91. The summed E-state index contributed by atoms with van der Waals surface area (Å²) in [4.78, 5) is 3.69. The van der Waals surface area contributed by atoms with E-state index in [1.54, 1.807) is 11.8 Å². The lowest BCUT2D eigenvalue weighted by molar-refractivity contribution is 0.102. The molecule has 4 heteroatoms. The summed E-state index contributed by atoms with van der Waals surface area (Å²) in [5.74, 6) is 0. The molecule has 0 radical (unpaired) electrons. The number of hydrazine groups is 1. The van der Waals surface area contributed by atoms with E-state index in [-0.39, 0.29) is 0 Å². The number of thioether (sulfide) groups is 1. The fraction of sp³-hybridized carbons (Fsp3) is 0.538. The monoisotopic (exact) mass is 251 g/mol. The highest BCUT2D eigenvalue weighted by Gasteiger charge is 2.12. The molecule has 94 valence electrons. The fourth-order valence-electron chi connectivity index (χ4n) is 1.91. The van der Waals surface area contributed by atoms with Gasteiger partial charge in [-0.05, 0) is 31.0 Å². The zero-order valence-corrected chi connectivity index (χ0v) is 11.5. The Morgan fingerprint density at radius 2 is 1.76 bits per heavy atom. The van der Waals surface area contributed by atoms with Gasteiger partial charge in [0.1, 0.15) is 0 Å². The molecule has 1 N–H and O–H groups in total. The number of rotatable bonds is 4. The zero-order valence-electron chi connectivity index (χ0n) is 10.6. The van der Waals surface area contributed by atoms with Crippen LogP contribution in [-0.4, -0.2) is 49.4 Å². The topological polar surface area (TPSA) is 18.5 Å². The second-order valence-electron chi connectivity index (χ2n) is 4.47. The number of nitrogens with one attached hydrogen (secondary N) is 1. The highest BCUT2D eigenvalue weighted by atomic mass is 32.2. The van der Waals surface area contributed by atoms with E-state index in [4.69, 9.17) is 0 Å². The fourth-order valence-corrected chi connectivity index (χ4v) is 2.32. The molecule has 0 aromatic heterocycles. The van der Waals surface area contributed by atoms with Gasteiger partial charge < -0.3 is 4.90 Å². The van der Waals surface area contributed by atoms with Crippen molar-refractivity contribution in [1.82, 2.24) is 15.3 Å². The number of hydrogen-bond acceptors (Lipinski definition) is 4. The Morgan fingerprint density at radius 3 is 2.35 bits per heavy atom. The van der Waals surface area contributed by atoms with Gasteiger partial charge in [-0.1, -0.05) is 12.1 Å². The second-order valence-corrected chi connectivity index (χ2v) is 5.35. The average Bonchev–Trinajstić information content (AvgIpc) is 2.39. The van der Waals surface area contributed by atoms with E-state index < -0.39 is 0 Å². The predicted octanol–water partition coefficient (Wildman–Crippen LogP) is 1.66. The number of benzene rings is 1. The first kappa shape index (κ1) is 12.9. The van der Waals surface area contributed by atoms with Crippen molar-refractivity contribution in [3.63, 3.8) is 0 Å². The standard InChI is InChI=1S/C13H21N3S/c1-15-7-9-16(10-8-15)14-11-12-3-5-13(17-2)6-4-12/h3-6,14H,7-11H2,1-2H3. The molecule has 1 saturated heterocycles. The third-order valence-electron chi connectivity index (χ3n) is 3.17. The van der Waals surface area contributed by atoms with Crippen LogP contribution in [0.15, 0.2) is 29.2 Å². The summed E-state index contributed by atoms with van der Waals surface area (Å²) >= 11 is 1.79. The maximum Gasteiger partial charge on any atom is 0.0353 e. The molecule has 17 heavy (non-hydrogen) atoms. The summed E-state index contributed by atoms with van der Waals surface area (Å²) in [5.41, 5.74) is 4.84. The Labute approximate surface area is 108 Å². The number of likely N-dealkylation sites (N-methyl/N-ethyl adjacent to an activating group) is 1. The van der Waals surface area contributed by atoms with E-state index >= 15 is 0 Å². The Morgan fingerprint density at radius 1 is 1.12 bits per heavy atom. The van der Waals surface area contributed by atoms with Gasteiger partial charge in [0.05, 0.1) is 0 Å². The number of piperazine rings is 1. The molecule has 3 nitrogen and oxygen atoms in total. The van der Waals surface area contributed by atoms with Gasteiger partial charge in [-0.2, -0.15) is 0 Å². The Hall–Kier alpha value is -0.550. The van der Waals surface area contributed by atoms with Crippen LogP contribution in [0.3, 0.4) is 0 Å². The molecule has 1 aromatic carbocycles. The molecule has 1 aliphatic heterocycles. The summed E-state index contributed by atoms with van der Waals surface area (Å²) in [6, 6.07) is 8.78. The zero-order chi connectivity index (χ0) is 12.1. The summed E-state index contributed by atoms with van der Waals surface area (Å²) in [6.07, 6.45) is 2.11. The molecule has 0 atom stereocenters.